The molecule has 1 saturated heterocycles. The van der Waals surface area contributed by atoms with Crippen LogP contribution in [0.2, 0.25) is 0 Å². The zero-order valence-electron chi connectivity index (χ0n) is 13.6. The summed E-state index contributed by atoms with van der Waals surface area (Å²) in [5, 5.41) is 13.6. The quantitative estimate of drug-likeness (QED) is 0.924. The first-order valence-corrected chi connectivity index (χ1v) is 8.18. The first-order chi connectivity index (χ1) is 10.4. The van der Waals surface area contributed by atoms with E-state index >= 15 is 0 Å². The molecule has 2 fully saturated rings. The number of hydrogen-bond acceptors (Lipinski definition) is 5. The van der Waals surface area contributed by atoms with Gasteiger partial charge in [0.1, 0.15) is 6.04 Å². The minimum absolute atomic E-state index is 0.160. The van der Waals surface area contributed by atoms with Gasteiger partial charge in [-0.25, -0.2) is 0 Å². The summed E-state index contributed by atoms with van der Waals surface area (Å²) in [5.74, 6) is 0.973. The second-order valence-corrected chi connectivity index (χ2v) is 7.64. The van der Waals surface area contributed by atoms with E-state index in [1.165, 1.54) is 12.8 Å². The molecule has 6 nitrogen and oxygen atoms in total. The SMILES string of the molecule is CC(C)(C)c1noc(CN2[C@@H]3CCCC[C@@H]3C[C@H]2C(=O)O)n1. The lowest BCUT2D eigenvalue weighted by Crippen LogP contribution is -2.41. The fraction of sp³-hybridized carbons (Fsp3) is 0.812. The number of carbonyl (C=O) groups is 1. The van der Waals surface area contributed by atoms with Crippen LogP contribution in [-0.4, -0.2) is 38.2 Å². The standard InChI is InChI=1S/C16H25N3O3/c1-16(2,3)15-17-13(22-18-15)9-19-11-7-5-4-6-10(11)8-12(19)14(20)21/h10-12H,4-9H2,1-3H3,(H,20,21)/t10-,11-,12+/m1/s1. The normalized spacial score (nSPS) is 29.5. The van der Waals surface area contributed by atoms with E-state index in [-0.39, 0.29) is 5.41 Å². The highest BCUT2D eigenvalue weighted by Crippen LogP contribution is 2.40. The maximum Gasteiger partial charge on any atom is 0.320 e. The molecule has 1 aromatic heterocycles. The van der Waals surface area contributed by atoms with Crippen LogP contribution in [0.1, 0.15) is 64.6 Å². The Kier molecular flexibility index (Phi) is 3.97. The smallest absolute Gasteiger partial charge is 0.320 e. The van der Waals surface area contributed by atoms with Gasteiger partial charge < -0.3 is 9.63 Å². The van der Waals surface area contributed by atoms with Crippen molar-refractivity contribution in [3.8, 4) is 0 Å². The van der Waals surface area contributed by atoms with Gasteiger partial charge in [0.15, 0.2) is 5.82 Å². The van der Waals surface area contributed by atoms with Gasteiger partial charge in [-0.15, -0.1) is 0 Å². The number of aliphatic carboxylic acids is 1. The van der Waals surface area contributed by atoms with Gasteiger partial charge >= 0.3 is 5.97 Å². The molecule has 122 valence electrons. The molecule has 1 saturated carbocycles. The topological polar surface area (TPSA) is 79.5 Å². The summed E-state index contributed by atoms with van der Waals surface area (Å²) in [6.45, 7) is 6.55. The van der Waals surface area contributed by atoms with E-state index in [2.05, 4.69) is 15.0 Å². The zero-order valence-corrected chi connectivity index (χ0v) is 13.6. The molecule has 22 heavy (non-hydrogen) atoms. The number of fused-ring (bicyclic) bond motifs is 1. The van der Waals surface area contributed by atoms with E-state index in [4.69, 9.17) is 4.52 Å². The molecule has 0 bridgehead atoms. The first kappa shape index (κ1) is 15.5. The molecular formula is C16H25N3O3. The van der Waals surface area contributed by atoms with Crippen LogP contribution < -0.4 is 0 Å². The number of carboxylic acids is 1. The zero-order chi connectivity index (χ0) is 15.9. The lowest BCUT2D eigenvalue weighted by atomic mass is 9.85. The lowest BCUT2D eigenvalue weighted by Gasteiger charge is -2.31. The van der Waals surface area contributed by atoms with Gasteiger partial charge in [0.05, 0.1) is 6.54 Å². The van der Waals surface area contributed by atoms with Crippen molar-refractivity contribution in [2.75, 3.05) is 0 Å². The van der Waals surface area contributed by atoms with Crippen LogP contribution in [0.4, 0.5) is 0 Å². The van der Waals surface area contributed by atoms with E-state index in [0.29, 0.717) is 30.2 Å². The molecule has 0 unspecified atom stereocenters. The molecule has 2 heterocycles. The van der Waals surface area contributed by atoms with Crippen LogP contribution in [0.15, 0.2) is 4.52 Å². The van der Waals surface area contributed by atoms with Crippen LogP contribution in [-0.2, 0) is 16.8 Å². The average molecular weight is 307 g/mol. The van der Waals surface area contributed by atoms with Crippen molar-refractivity contribution in [3.05, 3.63) is 11.7 Å². The molecule has 1 aromatic rings. The minimum Gasteiger partial charge on any atom is -0.480 e. The third kappa shape index (κ3) is 2.89. The van der Waals surface area contributed by atoms with Gasteiger partial charge in [0.2, 0.25) is 5.89 Å². The molecule has 3 atom stereocenters. The summed E-state index contributed by atoms with van der Waals surface area (Å²) in [4.78, 5) is 18.1. The highest BCUT2D eigenvalue weighted by molar-refractivity contribution is 5.74. The van der Waals surface area contributed by atoms with Crippen LogP contribution >= 0.6 is 0 Å². The second kappa shape index (κ2) is 5.65. The van der Waals surface area contributed by atoms with Gasteiger partial charge in [0, 0.05) is 11.5 Å². The number of rotatable bonds is 3. The van der Waals surface area contributed by atoms with Gasteiger partial charge in [0.25, 0.3) is 0 Å². The summed E-state index contributed by atoms with van der Waals surface area (Å²) in [5.41, 5.74) is -0.160. The van der Waals surface area contributed by atoms with Crippen molar-refractivity contribution < 1.29 is 14.4 Å². The second-order valence-electron chi connectivity index (χ2n) is 7.64. The van der Waals surface area contributed by atoms with E-state index in [9.17, 15) is 9.90 Å². The Morgan fingerprint density at radius 1 is 1.36 bits per heavy atom. The maximum atomic E-state index is 11.6. The van der Waals surface area contributed by atoms with Crippen molar-refractivity contribution >= 4 is 5.97 Å². The van der Waals surface area contributed by atoms with Crippen molar-refractivity contribution in [1.82, 2.24) is 15.0 Å². The Balaban J connectivity index is 1.79. The summed E-state index contributed by atoms with van der Waals surface area (Å²) in [7, 11) is 0. The summed E-state index contributed by atoms with van der Waals surface area (Å²) in [6, 6.07) is -0.0714. The van der Waals surface area contributed by atoms with Crippen LogP contribution in [0.25, 0.3) is 0 Å². The fourth-order valence-corrected chi connectivity index (χ4v) is 3.80. The molecule has 1 aliphatic heterocycles. The van der Waals surface area contributed by atoms with E-state index in [1.807, 2.05) is 20.8 Å². The minimum atomic E-state index is -0.732. The molecule has 1 N–H and O–H groups in total. The van der Waals surface area contributed by atoms with E-state index < -0.39 is 12.0 Å². The van der Waals surface area contributed by atoms with Gasteiger partial charge in [-0.05, 0) is 25.2 Å². The van der Waals surface area contributed by atoms with Crippen LogP contribution in [0.3, 0.4) is 0 Å². The molecule has 0 amide bonds. The highest BCUT2D eigenvalue weighted by atomic mass is 16.5. The Morgan fingerprint density at radius 2 is 2.09 bits per heavy atom. The number of aromatic nitrogens is 2. The van der Waals surface area contributed by atoms with E-state index in [1.54, 1.807) is 0 Å². The van der Waals surface area contributed by atoms with Gasteiger partial charge in [-0.2, -0.15) is 4.98 Å². The predicted octanol–water partition coefficient (Wildman–Crippen LogP) is 2.58. The predicted molar refractivity (Wildman–Crippen MR) is 80.3 cm³/mol. The Hall–Kier alpha value is -1.43. The molecule has 1 aliphatic carbocycles. The number of hydrogen-bond donors (Lipinski definition) is 1. The Labute approximate surface area is 130 Å². The van der Waals surface area contributed by atoms with Crippen molar-refractivity contribution in [2.24, 2.45) is 5.92 Å². The lowest BCUT2D eigenvalue weighted by molar-refractivity contribution is -0.143. The van der Waals surface area contributed by atoms with Crippen molar-refractivity contribution in [3.63, 3.8) is 0 Å². The molecular weight excluding hydrogens is 282 g/mol. The molecule has 0 radical (unpaired) electrons. The third-order valence-corrected chi connectivity index (χ3v) is 4.96. The van der Waals surface area contributed by atoms with Crippen LogP contribution in [0, 0.1) is 5.92 Å². The number of likely N-dealkylation sites (tertiary alicyclic amines) is 1. The average Bonchev–Trinajstić information content (AvgIpc) is 3.04. The molecule has 0 aromatic carbocycles. The maximum absolute atomic E-state index is 11.6. The summed E-state index contributed by atoms with van der Waals surface area (Å²) < 4.78 is 5.37. The molecule has 3 rings (SSSR count). The van der Waals surface area contributed by atoms with Gasteiger partial charge in [-0.3, -0.25) is 9.69 Å². The Bertz CT molecular complexity index is 549. The van der Waals surface area contributed by atoms with Crippen molar-refractivity contribution in [1.29, 1.82) is 0 Å². The fourth-order valence-electron chi connectivity index (χ4n) is 3.80. The third-order valence-electron chi connectivity index (χ3n) is 4.96. The summed E-state index contributed by atoms with van der Waals surface area (Å²) in [6.07, 6.45) is 5.37. The molecule has 6 heteroatoms. The van der Waals surface area contributed by atoms with E-state index in [0.717, 1.165) is 19.3 Å². The first-order valence-electron chi connectivity index (χ1n) is 8.18. The summed E-state index contributed by atoms with van der Waals surface area (Å²) >= 11 is 0. The van der Waals surface area contributed by atoms with Crippen LogP contribution in [0.5, 0.6) is 0 Å². The number of nitrogens with zero attached hydrogens (tertiary/aromatic N) is 3. The monoisotopic (exact) mass is 307 g/mol. The molecule has 0 spiro atoms. The highest BCUT2D eigenvalue weighted by Gasteiger charge is 2.45. The Morgan fingerprint density at radius 3 is 2.73 bits per heavy atom. The molecule has 2 aliphatic rings. The van der Waals surface area contributed by atoms with Crippen molar-refractivity contribution in [2.45, 2.75) is 76.9 Å². The number of carboxylic acid groups (broad SMARTS) is 1. The largest absolute Gasteiger partial charge is 0.480 e. The van der Waals surface area contributed by atoms with Gasteiger partial charge in [-0.1, -0.05) is 38.8 Å².